The molecule has 0 fully saturated rings. The van der Waals surface area contributed by atoms with Crippen LogP contribution in [0.4, 0.5) is 0 Å². The van der Waals surface area contributed by atoms with Crippen LogP contribution in [0.25, 0.3) is 0 Å². The van der Waals surface area contributed by atoms with Crippen molar-refractivity contribution in [2.75, 3.05) is 6.61 Å². The molecule has 0 spiro atoms. The smallest absolute Gasteiger partial charge is 0.306 e. The summed E-state index contributed by atoms with van der Waals surface area (Å²) >= 11 is 0. The van der Waals surface area contributed by atoms with Crippen molar-refractivity contribution in [3.05, 3.63) is 35.4 Å². The second-order valence-electron chi connectivity index (χ2n) is 4.01. The van der Waals surface area contributed by atoms with Gasteiger partial charge in [-0.15, -0.1) is 0 Å². The van der Waals surface area contributed by atoms with Crippen molar-refractivity contribution in [3.8, 4) is 0 Å². The van der Waals surface area contributed by atoms with E-state index in [1.807, 2.05) is 6.92 Å². The number of hydrogen-bond donors (Lipinski definition) is 0. The Balaban J connectivity index is 2.58. The molecule has 0 heterocycles. The first kappa shape index (κ1) is 12.8. The zero-order valence-electron chi connectivity index (χ0n) is 10.3. The van der Waals surface area contributed by atoms with Crippen molar-refractivity contribution in [2.24, 2.45) is 0 Å². The molecule has 0 unspecified atom stereocenters. The maximum Gasteiger partial charge on any atom is 0.306 e. The van der Waals surface area contributed by atoms with Gasteiger partial charge in [0, 0.05) is 0 Å². The van der Waals surface area contributed by atoms with Crippen LogP contribution in [0.1, 0.15) is 44.2 Å². The molecule has 0 saturated carbocycles. The average Bonchev–Trinajstić information content (AvgIpc) is 2.29. The highest BCUT2D eigenvalue weighted by atomic mass is 16.5. The number of aryl methyl sites for hydroxylation is 1. The third kappa shape index (κ3) is 3.69. The Bertz CT molecular complexity index is 327. The van der Waals surface area contributed by atoms with Gasteiger partial charge in [0.1, 0.15) is 0 Å². The lowest BCUT2D eigenvalue weighted by molar-refractivity contribution is -0.143. The summed E-state index contributed by atoms with van der Waals surface area (Å²) in [6.07, 6.45) is 1.51. The Morgan fingerprint density at radius 3 is 2.38 bits per heavy atom. The van der Waals surface area contributed by atoms with E-state index in [4.69, 9.17) is 4.74 Å². The zero-order chi connectivity index (χ0) is 12.0. The van der Waals surface area contributed by atoms with Crippen molar-refractivity contribution < 1.29 is 9.53 Å². The van der Waals surface area contributed by atoms with Crippen LogP contribution in [-0.4, -0.2) is 12.6 Å². The van der Waals surface area contributed by atoms with Gasteiger partial charge in [-0.1, -0.05) is 38.1 Å². The monoisotopic (exact) mass is 220 g/mol. The summed E-state index contributed by atoms with van der Waals surface area (Å²) in [7, 11) is 0. The predicted octanol–water partition coefficient (Wildman–Crippen LogP) is 3.31. The second-order valence-corrected chi connectivity index (χ2v) is 4.01. The quantitative estimate of drug-likeness (QED) is 0.712. The standard InChI is InChI=1S/C14H20O2/c1-4-12-6-8-13(9-7-12)11(3)10-14(15)16-5-2/h6-9,11H,4-5,10H2,1-3H3/t11-/m0/s1. The van der Waals surface area contributed by atoms with Gasteiger partial charge < -0.3 is 4.74 Å². The van der Waals surface area contributed by atoms with Crippen LogP contribution in [0.15, 0.2) is 24.3 Å². The number of esters is 1. The molecule has 16 heavy (non-hydrogen) atoms. The molecular weight excluding hydrogens is 200 g/mol. The van der Waals surface area contributed by atoms with Crippen molar-refractivity contribution >= 4 is 5.97 Å². The molecule has 2 nitrogen and oxygen atoms in total. The number of hydrogen-bond acceptors (Lipinski definition) is 2. The minimum Gasteiger partial charge on any atom is -0.466 e. The summed E-state index contributed by atoms with van der Waals surface area (Å²) in [4.78, 5) is 11.3. The molecular formula is C14H20O2. The molecule has 1 atom stereocenters. The van der Waals surface area contributed by atoms with Crippen LogP contribution >= 0.6 is 0 Å². The minimum absolute atomic E-state index is 0.116. The van der Waals surface area contributed by atoms with Gasteiger partial charge in [0.15, 0.2) is 0 Å². The van der Waals surface area contributed by atoms with Crippen molar-refractivity contribution in [1.29, 1.82) is 0 Å². The first-order valence-corrected chi connectivity index (χ1v) is 5.91. The van der Waals surface area contributed by atoms with Gasteiger partial charge in [0.25, 0.3) is 0 Å². The van der Waals surface area contributed by atoms with Gasteiger partial charge in [-0.2, -0.15) is 0 Å². The highest BCUT2D eigenvalue weighted by molar-refractivity contribution is 5.70. The van der Waals surface area contributed by atoms with Crippen molar-refractivity contribution in [3.63, 3.8) is 0 Å². The molecule has 0 aliphatic carbocycles. The number of benzene rings is 1. The lowest BCUT2D eigenvalue weighted by Crippen LogP contribution is -2.08. The zero-order valence-corrected chi connectivity index (χ0v) is 10.3. The molecule has 0 bridgehead atoms. The van der Waals surface area contributed by atoms with Crippen LogP contribution in [-0.2, 0) is 16.0 Å². The fraction of sp³-hybridized carbons (Fsp3) is 0.500. The lowest BCUT2D eigenvalue weighted by Gasteiger charge is -2.11. The molecule has 0 aliphatic rings. The Labute approximate surface area is 97.6 Å². The fourth-order valence-electron chi connectivity index (χ4n) is 1.67. The van der Waals surface area contributed by atoms with Gasteiger partial charge in [0.2, 0.25) is 0 Å². The van der Waals surface area contributed by atoms with Crippen LogP contribution in [0.5, 0.6) is 0 Å². The average molecular weight is 220 g/mol. The molecule has 1 rings (SSSR count). The minimum atomic E-state index is -0.116. The molecule has 1 aromatic rings. The van der Waals surface area contributed by atoms with E-state index >= 15 is 0 Å². The Morgan fingerprint density at radius 2 is 1.88 bits per heavy atom. The van der Waals surface area contributed by atoms with Crippen LogP contribution in [0.3, 0.4) is 0 Å². The van der Waals surface area contributed by atoms with Crippen LogP contribution < -0.4 is 0 Å². The first-order chi connectivity index (χ1) is 7.67. The highest BCUT2D eigenvalue weighted by Crippen LogP contribution is 2.20. The van der Waals surface area contributed by atoms with E-state index in [2.05, 4.69) is 38.1 Å². The van der Waals surface area contributed by atoms with E-state index in [9.17, 15) is 4.79 Å². The molecule has 2 heteroatoms. The Kier molecular flexibility index (Phi) is 5.03. The predicted molar refractivity (Wildman–Crippen MR) is 65.5 cm³/mol. The van der Waals surface area contributed by atoms with Gasteiger partial charge in [-0.05, 0) is 30.4 Å². The largest absolute Gasteiger partial charge is 0.466 e. The number of carbonyl (C=O) groups excluding carboxylic acids is 1. The fourth-order valence-corrected chi connectivity index (χ4v) is 1.67. The van der Waals surface area contributed by atoms with Gasteiger partial charge in [0.05, 0.1) is 13.0 Å². The third-order valence-electron chi connectivity index (χ3n) is 2.74. The van der Waals surface area contributed by atoms with Gasteiger partial charge in [-0.25, -0.2) is 0 Å². The number of carbonyl (C=O) groups is 1. The molecule has 88 valence electrons. The normalized spacial score (nSPS) is 12.2. The van der Waals surface area contributed by atoms with E-state index in [0.29, 0.717) is 13.0 Å². The molecule has 1 aromatic carbocycles. The molecule has 0 radical (unpaired) electrons. The van der Waals surface area contributed by atoms with Gasteiger partial charge in [-0.3, -0.25) is 4.79 Å². The lowest BCUT2D eigenvalue weighted by atomic mass is 9.96. The topological polar surface area (TPSA) is 26.3 Å². The molecule has 0 aromatic heterocycles. The summed E-state index contributed by atoms with van der Waals surface area (Å²) < 4.78 is 4.94. The second kappa shape index (κ2) is 6.31. The van der Waals surface area contributed by atoms with E-state index < -0.39 is 0 Å². The van der Waals surface area contributed by atoms with E-state index in [1.165, 1.54) is 11.1 Å². The van der Waals surface area contributed by atoms with E-state index in [-0.39, 0.29) is 11.9 Å². The number of ether oxygens (including phenoxy) is 1. The van der Waals surface area contributed by atoms with E-state index in [0.717, 1.165) is 6.42 Å². The van der Waals surface area contributed by atoms with Crippen molar-refractivity contribution in [2.45, 2.75) is 39.5 Å². The first-order valence-electron chi connectivity index (χ1n) is 5.91. The Morgan fingerprint density at radius 1 is 1.25 bits per heavy atom. The third-order valence-corrected chi connectivity index (χ3v) is 2.74. The summed E-state index contributed by atoms with van der Waals surface area (Å²) in [5.41, 5.74) is 2.53. The van der Waals surface area contributed by atoms with E-state index in [1.54, 1.807) is 0 Å². The Hall–Kier alpha value is -1.31. The molecule has 0 N–H and O–H groups in total. The summed E-state index contributed by atoms with van der Waals surface area (Å²) in [6, 6.07) is 8.44. The molecule has 0 amide bonds. The SMILES string of the molecule is CCOC(=O)C[C@H](C)c1ccc(CC)cc1. The maximum absolute atomic E-state index is 11.3. The van der Waals surface area contributed by atoms with Crippen LogP contribution in [0, 0.1) is 0 Å². The molecule has 0 aliphatic heterocycles. The highest BCUT2D eigenvalue weighted by Gasteiger charge is 2.11. The van der Waals surface area contributed by atoms with Crippen LogP contribution in [0.2, 0.25) is 0 Å². The summed E-state index contributed by atoms with van der Waals surface area (Å²) in [6.45, 7) is 6.48. The van der Waals surface area contributed by atoms with Crippen molar-refractivity contribution in [1.82, 2.24) is 0 Å². The number of rotatable bonds is 5. The molecule has 0 saturated heterocycles. The maximum atomic E-state index is 11.3. The van der Waals surface area contributed by atoms with Gasteiger partial charge >= 0.3 is 5.97 Å². The summed E-state index contributed by atoms with van der Waals surface area (Å²) in [5, 5.41) is 0. The summed E-state index contributed by atoms with van der Waals surface area (Å²) in [5.74, 6) is 0.111.